The molecule has 0 aliphatic heterocycles. The SMILES string of the molecule is NC(=O)C(NC(=O)CCCc1nc2ccccc2o1)c1ccccc1. The van der Waals surface area contributed by atoms with E-state index in [4.69, 9.17) is 10.2 Å². The van der Waals surface area contributed by atoms with E-state index in [1.165, 1.54) is 0 Å². The van der Waals surface area contributed by atoms with Crippen LogP contribution in [0.4, 0.5) is 0 Å². The van der Waals surface area contributed by atoms with E-state index in [9.17, 15) is 9.59 Å². The van der Waals surface area contributed by atoms with Crippen molar-refractivity contribution in [1.82, 2.24) is 10.3 Å². The summed E-state index contributed by atoms with van der Waals surface area (Å²) in [6.45, 7) is 0. The number of hydrogen-bond acceptors (Lipinski definition) is 4. The molecule has 3 aromatic rings. The number of aromatic nitrogens is 1. The van der Waals surface area contributed by atoms with Crippen LogP contribution in [0, 0.1) is 0 Å². The lowest BCUT2D eigenvalue weighted by Gasteiger charge is -2.15. The third kappa shape index (κ3) is 4.23. The molecule has 3 rings (SSSR count). The Morgan fingerprint density at radius 2 is 1.80 bits per heavy atom. The highest BCUT2D eigenvalue weighted by Gasteiger charge is 2.19. The number of fused-ring (bicyclic) bond motifs is 1. The monoisotopic (exact) mass is 337 g/mol. The minimum absolute atomic E-state index is 0.233. The van der Waals surface area contributed by atoms with Crippen molar-refractivity contribution in [2.24, 2.45) is 5.73 Å². The van der Waals surface area contributed by atoms with Crippen molar-refractivity contribution < 1.29 is 14.0 Å². The van der Waals surface area contributed by atoms with E-state index in [-0.39, 0.29) is 12.3 Å². The van der Waals surface area contributed by atoms with Crippen LogP contribution in [0.2, 0.25) is 0 Å². The van der Waals surface area contributed by atoms with Crippen molar-refractivity contribution in [2.45, 2.75) is 25.3 Å². The number of amides is 2. The van der Waals surface area contributed by atoms with Crippen LogP contribution in [-0.4, -0.2) is 16.8 Å². The minimum Gasteiger partial charge on any atom is -0.441 e. The molecule has 0 saturated heterocycles. The van der Waals surface area contributed by atoms with Crippen LogP contribution in [-0.2, 0) is 16.0 Å². The molecule has 2 amide bonds. The molecule has 0 radical (unpaired) electrons. The molecule has 0 saturated carbocycles. The normalized spacial score (nSPS) is 12.0. The average molecular weight is 337 g/mol. The number of carbonyl (C=O) groups is 2. The Bertz CT molecular complexity index is 841. The van der Waals surface area contributed by atoms with E-state index in [0.717, 1.165) is 11.1 Å². The number of primary amides is 1. The highest BCUT2D eigenvalue weighted by atomic mass is 16.3. The van der Waals surface area contributed by atoms with E-state index in [2.05, 4.69) is 10.3 Å². The van der Waals surface area contributed by atoms with Gasteiger partial charge in [-0.2, -0.15) is 0 Å². The number of oxazole rings is 1. The van der Waals surface area contributed by atoms with Crippen LogP contribution in [0.5, 0.6) is 0 Å². The van der Waals surface area contributed by atoms with Gasteiger partial charge in [-0.15, -0.1) is 0 Å². The number of nitrogens with zero attached hydrogens (tertiary/aromatic N) is 1. The fraction of sp³-hybridized carbons (Fsp3) is 0.211. The summed E-state index contributed by atoms with van der Waals surface area (Å²) in [5.74, 6) is -0.217. The third-order valence-electron chi connectivity index (χ3n) is 3.86. The lowest BCUT2D eigenvalue weighted by atomic mass is 10.1. The van der Waals surface area contributed by atoms with E-state index in [1.807, 2.05) is 30.3 Å². The summed E-state index contributed by atoms with van der Waals surface area (Å²) >= 11 is 0. The zero-order chi connectivity index (χ0) is 17.6. The van der Waals surface area contributed by atoms with Crippen molar-refractivity contribution in [3.8, 4) is 0 Å². The van der Waals surface area contributed by atoms with Crippen molar-refractivity contribution in [1.29, 1.82) is 0 Å². The Morgan fingerprint density at radius 1 is 1.08 bits per heavy atom. The van der Waals surface area contributed by atoms with Crippen molar-refractivity contribution in [3.05, 3.63) is 66.1 Å². The first-order valence-electron chi connectivity index (χ1n) is 8.11. The molecule has 6 nitrogen and oxygen atoms in total. The number of aryl methyl sites for hydroxylation is 1. The number of para-hydroxylation sites is 2. The summed E-state index contributed by atoms with van der Waals surface area (Å²) in [5.41, 5.74) is 7.61. The molecule has 0 aliphatic carbocycles. The van der Waals surface area contributed by atoms with Crippen molar-refractivity contribution >= 4 is 22.9 Å². The Balaban J connectivity index is 1.54. The lowest BCUT2D eigenvalue weighted by Crippen LogP contribution is -2.37. The largest absolute Gasteiger partial charge is 0.441 e. The Kier molecular flexibility index (Phi) is 5.09. The quantitative estimate of drug-likeness (QED) is 0.692. The highest BCUT2D eigenvalue weighted by Crippen LogP contribution is 2.16. The Hall–Kier alpha value is -3.15. The van der Waals surface area contributed by atoms with Gasteiger partial charge in [0.15, 0.2) is 11.5 Å². The first-order chi connectivity index (χ1) is 12.1. The third-order valence-corrected chi connectivity index (χ3v) is 3.86. The molecule has 0 fully saturated rings. The van der Waals surface area contributed by atoms with Crippen LogP contribution >= 0.6 is 0 Å². The van der Waals surface area contributed by atoms with Gasteiger partial charge < -0.3 is 15.5 Å². The van der Waals surface area contributed by atoms with Gasteiger partial charge in [0.2, 0.25) is 11.8 Å². The maximum absolute atomic E-state index is 12.1. The molecular weight excluding hydrogens is 318 g/mol. The van der Waals surface area contributed by atoms with Gasteiger partial charge in [0, 0.05) is 12.8 Å². The molecule has 0 aliphatic rings. The standard InChI is InChI=1S/C19H19N3O3/c20-19(24)18(13-7-2-1-3-8-13)22-16(23)11-6-12-17-21-14-9-4-5-10-15(14)25-17/h1-5,7-10,18H,6,11-12H2,(H2,20,24)(H,22,23). The number of nitrogens with two attached hydrogens (primary N) is 1. The molecule has 1 heterocycles. The summed E-state index contributed by atoms with van der Waals surface area (Å²) in [5, 5.41) is 2.68. The average Bonchev–Trinajstić information content (AvgIpc) is 3.03. The molecule has 6 heteroatoms. The van der Waals surface area contributed by atoms with Gasteiger partial charge in [0.25, 0.3) is 0 Å². The molecule has 1 aromatic heterocycles. The van der Waals surface area contributed by atoms with Crippen molar-refractivity contribution in [3.63, 3.8) is 0 Å². The number of rotatable bonds is 7. The molecule has 1 atom stereocenters. The molecular formula is C19H19N3O3. The van der Waals surface area contributed by atoms with Crippen LogP contribution in [0.1, 0.15) is 30.3 Å². The number of benzene rings is 2. The topological polar surface area (TPSA) is 98.2 Å². The summed E-state index contributed by atoms with van der Waals surface area (Å²) < 4.78 is 5.62. The highest BCUT2D eigenvalue weighted by molar-refractivity contribution is 5.87. The first-order valence-corrected chi connectivity index (χ1v) is 8.11. The van der Waals surface area contributed by atoms with E-state index in [1.54, 1.807) is 24.3 Å². The zero-order valence-corrected chi connectivity index (χ0v) is 13.6. The molecule has 0 spiro atoms. The van der Waals surface area contributed by atoms with Gasteiger partial charge in [-0.3, -0.25) is 9.59 Å². The molecule has 2 aromatic carbocycles. The second kappa shape index (κ2) is 7.61. The second-order valence-corrected chi connectivity index (χ2v) is 5.74. The first kappa shape index (κ1) is 16.7. The molecule has 1 unspecified atom stereocenters. The Morgan fingerprint density at radius 3 is 2.52 bits per heavy atom. The van der Waals surface area contributed by atoms with Gasteiger partial charge in [-0.25, -0.2) is 4.98 Å². The fourth-order valence-electron chi connectivity index (χ4n) is 2.62. The summed E-state index contributed by atoms with van der Waals surface area (Å²) in [7, 11) is 0. The molecule has 0 bridgehead atoms. The van der Waals surface area contributed by atoms with Gasteiger partial charge in [-0.05, 0) is 24.1 Å². The van der Waals surface area contributed by atoms with Gasteiger partial charge in [0.1, 0.15) is 11.6 Å². The van der Waals surface area contributed by atoms with Crippen LogP contribution in [0.3, 0.4) is 0 Å². The van der Waals surface area contributed by atoms with Gasteiger partial charge in [-0.1, -0.05) is 42.5 Å². The van der Waals surface area contributed by atoms with Gasteiger partial charge in [0.05, 0.1) is 0 Å². The van der Waals surface area contributed by atoms with Crippen molar-refractivity contribution in [2.75, 3.05) is 0 Å². The predicted octanol–water partition coefficient (Wildman–Crippen LogP) is 2.49. The summed E-state index contributed by atoms with van der Waals surface area (Å²) in [6, 6.07) is 15.6. The van der Waals surface area contributed by atoms with Crippen LogP contribution < -0.4 is 11.1 Å². The zero-order valence-electron chi connectivity index (χ0n) is 13.6. The fourth-order valence-corrected chi connectivity index (χ4v) is 2.62. The van der Waals surface area contributed by atoms with Gasteiger partial charge >= 0.3 is 0 Å². The maximum atomic E-state index is 12.1. The number of carbonyl (C=O) groups excluding carboxylic acids is 2. The maximum Gasteiger partial charge on any atom is 0.244 e. The molecule has 3 N–H and O–H groups in total. The predicted molar refractivity (Wildman–Crippen MR) is 93.5 cm³/mol. The van der Waals surface area contributed by atoms with E-state index < -0.39 is 11.9 Å². The Labute approximate surface area is 145 Å². The molecule has 128 valence electrons. The second-order valence-electron chi connectivity index (χ2n) is 5.74. The summed E-state index contributed by atoms with van der Waals surface area (Å²) in [6.07, 6.45) is 1.38. The summed E-state index contributed by atoms with van der Waals surface area (Å²) in [4.78, 5) is 28.1. The molecule has 25 heavy (non-hydrogen) atoms. The lowest BCUT2D eigenvalue weighted by molar-refractivity contribution is -0.127. The number of hydrogen-bond donors (Lipinski definition) is 2. The van der Waals surface area contributed by atoms with Crippen LogP contribution in [0.25, 0.3) is 11.1 Å². The van der Waals surface area contributed by atoms with E-state index >= 15 is 0 Å². The van der Waals surface area contributed by atoms with Crippen LogP contribution in [0.15, 0.2) is 59.0 Å². The number of nitrogens with one attached hydrogen (secondary N) is 1. The smallest absolute Gasteiger partial charge is 0.244 e. The minimum atomic E-state index is -0.821. The van der Waals surface area contributed by atoms with E-state index in [0.29, 0.717) is 24.3 Å².